The summed E-state index contributed by atoms with van der Waals surface area (Å²) < 4.78 is 5.38. The van der Waals surface area contributed by atoms with Gasteiger partial charge in [0.25, 0.3) is 0 Å². The number of rotatable bonds is 3. The highest BCUT2D eigenvalue weighted by Gasteiger charge is 2.12. The largest absolute Gasteiger partial charge is 0.381 e. The third-order valence-electron chi connectivity index (χ3n) is 2.22. The Hall–Kier alpha value is -0.0400. The maximum Gasteiger partial charge on any atom is 0.0494 e. The van der Waals surface area contributed by atoms with Crippen molar-refractivity contribution in [3.63, 3.8) is 0 Å². The summed E-state index contributed by atoms with van der Waals surface area (Å²) in [7, 11) is 0. The van der Waals surface area contributed by atoms with E-state index in [-0.39, 0.29) is 0 Å². The molecule has 74 valence electrons. The Morgan fingerprint density at radius 2 is 2.08 bits per heavy atom. The first-order chi connectivity index (χ1) is 5.93. The molecule has 0 bridgehead atoms. The molecule has 1 fully saturated rings. The second kappa shape index (κ2) is 9.05. The molecule has 1 heterocycles. The van der Waals surface area contributed by atoms with Gasteiger partial charge >= 0.3 is 0 Å². The van der Waals surface area contributed by atoms with Crippen molar-refractivity contribution in [2.75, 3.05) is 13.2 Å². The summed E-state index contributed by atoms with van der Waals surface area (Å²) in [5.41, 5.74) is 0. The van der Waals surface area contributed by atoms with Crippen molar-refractivity contribution in [1.29, 1.82) is 0 Å². The highest BCUT2D eigenvalue weighted by atomic mass is 16.5. The van der Waals surface area contributed by atoms with Crippen LogP contribution < -0.4 is 0 Å². The van der Waals surface area contributed by atoms with Crippen LogP contribution in [0.4, 0.5) is 0 Å². The first kappa shape index (κ1) is 12.0. The van der Waals surface area contributed by atoms with E-state index in [9.17, 15) is 0 Å². The van der Waals surface area contributed by atoms with Crippen LogP contribution >= 0.6 is 0 Å². The van der Waals surface area contributed by atoms with Gasteiger partial charge < -0.3 is 4.74 Å². The van der Waals surface area contributed by atoms with E-state index in [1.54, 1.807) is 0 Å². The highest BCUT2D eigenvalue weighted by molar-refractivity contribution is 4.62. The quantitative estimate of drug-likeness (QED) is 0.631. The molecule has 0 saturated carbocycles. The Labute approximate surface area is 77.5 Å². The van der Waals surface area contributed by atoms with Gasteiger partial charge in [-0.3, -0.25) is 0 Å². The molecule has 1 saturated heterocycles. The molecular weight excluding hydrogens is 148 g/mol. The molecule has 1 rings (SSSR count). The van der Waals surface area contributed by atoms with Gasteiger partial charge in [-0.1, -0.05) is 33.6 Å². The van der Waals surface area contributed by atoms with Gasteiger partial charge in [0.1, 0.15) is 0 Å². The number of ether oxygens (including phenoxy) is 1. The van der Waals surface area contributed by atoms with Crippen LogP contribution in [0.15, 0.2) is 0 Å². The Kier molecular flexibility index (Phi) is 9.02. The van der Waals surface area contributed by atoms with E-state index >= 15 is 0 Å². The Morgan fingerprint density at radius 3 is 2.58 bits per heavy atom. The zero-order valence-corrected chi connectivity index (χ0v) is 8.94. The minimum absolute atomic E-state index is 0.883. The topological polar surface area (TPSA) is 9.23 Å². The minimum atomic E-state index is 0.883. The van der Waals surface area contributed by atoms with Gasteiger partial charge in [-0.25, -0.2) is 0 Å². The summed E-state index contributed by atoms with van der Waals surface area (Å²) in [6.45, 7) is 8.28. The summed E-state index contributed by atoms with van der Waals surface area (Å²) in [5, 5.41) is 0. The van der Waals surface area contributed by atoms with Crippen LogP contribution in [-0.4, -0.2) is 13.2 Å². The summed E-state index contributed by atoms with van der Waals surface area (Å²) >= 11 is 0. The lowest BCUT2D eigenvalue weighted by molar-refractivity contribution is 0.0509. The molecule has 0 N–H and O–H groups in total. The van der Waals surface area contributed by atoms with E-state index in [2.05, 4.69) is 6.92 Å². The summed E-state index contributed by atoms with van der Waals surface area (Å²) in [5.74, 6) is 0.883. The molecule has 0 radical (unpaired) electrons. The van der Waals surface area contributed by atoms with Crippen molar-refractivity contribution < 1.29 is 4.74 Å². The molecule has 12 heavy (non-hydrogen) atoms. The molecule has 1 unspecified atom stereocenters. The third kappa shape index (κ3) is 5.59. The molecule has 0 aromatic rings. The Morgan fingerprint density at radius 1 is 1.33 bits per heavy atom. The molecule has 1 atom stereocenters. The first-order valence-corrected chi connectivity index (χ1v) is 5.51. The molecule has 0 aromatic heterocycles. The van der Waals surface area contributed by atoms with E-state index in [0.29, 0.717) is 0 Å². The summed E-state index contributed by atoms with van der Waals surface area (Å²) in [6, 6.07) is 0. The SMILES string of the molecule is CC.CCCCC1CCCOC1. The van der Waals surface area contributed by atoms with Gasteiger partial charge in [-0.2, -0.15) is 0 Å². The standard InChI is InChI=1S/C9H18O.C2H6/c1-2-3-5-9-6-4-7-10-8-9;1-2/h9H,2-8H2,1H3;1-2H3. The third-order valence-corrected chi connectivity index (χ3v) is 2.22. The fraction of sp³-hybridized carbons (Fsp3) is 1.00. The molecule has 1 aliphatic rings. The van der Waals surface area contributed by atoms with Gasteiger partial charge in [0.2, 0.25) is 0 Å². The molecule has 0 amide bonds. The van der Waals surface area contributed by atoms with Crippen LogP contribution in [0, 0.1) is 5.92 Å². The number of unbranched alkanes of at least 4 members (excludes halogenated alkanes) is 1. The zero-order valence-electron chi connectivity index (χ0n) is 8.94. The summed E-state index contributed by atoms with van der Waals surface area (Å²) in [6.07, 6.45) is 6.79. The van der Waals surface area contributed by atoms with E-state index in [1.165, 1.54) is 32.1 Å². The predicted octanol–water partition coefficient (Wildman–Crippen LogP) is 3.63. The van der Waals surface area contributed by atoms with Crippen LogP contribution in [0.5, 0.6) is 0 Å². The zero-order chi connectivity index (χ0) is 9.23. The van der Waals surface area contributed by atoms with E-state index < -0.39 is 0 Å². The fourth-order valence-electron chi connectivity index (χ4n) is 1.53. The van der Waals surface area contributed by atoms with E-state index in [4.69, 9.17) is 4.74 Å². The van der Waals surface area contributed by atoms with Gasteiger partial charge in [-0.05, 0) is 25.2 Å². The number of hydrogen-bond donors (Lipinski definition) is 0. The van der Waals surface area contributed by atoms with Crippen LogP contribution in [0.2, 0.25) is 0 Å². The van der Waals surface area contributed by atoms with E-state index in [1.807, 2.05) is 13.8 Å². The van der Waals surface area contributed by atoms with Crippen LogP contribution in [0.3, 0.4) is 0 Å². The maximum atomic E-state index is 5.38. The molecule has 0 aliphatic carbocycles. The monoisotopic (exact) mass is 172 g/mol. The van der Waals surface area contributed by atoms with Crippen molar-refractivity contribution in [3.05, 3.63) is 0 Å². The molecule has 0 aromatic carbocycles. The molecular formula is C11H24O. The second-order valence-corrected chi connectivity index (χ2v) is 3.23. The van der Waals surface area contributed by atoms with Gasteiger partial charge in [0.05, 0.1) is 0 Å². The molecule has 1 nitrogen and oxygen atoms in total. The molecule has 1 heteroatoms. The lowest BCUT2D eigenvalue weighted by Crippen LogP contribution is -2.16. The Balaban J connectivity index is 0.000000561. The average Bonchev–Trinajstić information content (AvgIpc) is 2.19. The number of hydrogen-bond acceptors (Lipinski definition) is 1. The van der Waals surface area contributed by atoms with Crippen LogP contribution in [0.1, 0.15) is 52.9 Å². The van der Waals surface area contributed by atoms with Crippen LogP contribution in [-0.2, 0) is 4.74 Å². The first-order valence-electron chi connectivity index (χ1n) is 5.51. The van der Waals surface area contributed by atoms with Crippen molar-refractivity contribution >= 4 is 0 Å². The van der Waals surface area contributed by atoms with Gasteiger partial charge in [0, 0.05) is 13.2 Å². The minimum Gasteiger partial charge on any atom is -0.381 e. The average molecular weight is 172 g/mol. The summed E-state index contributed by atoms with van der Waals surface area (Å²) in [4.78, 5) is 0. The highest BCUT2D eigenvalue weighted by Crippen LogP contribution is 2.18. The maximum absolute atomic E-state index is 5.38. The predicted molar refractivity (Wildman–Crippen MR) is 54.4 cm³/mol. The lowest BCUT2D eigenvalue weighted by atomic mass is 9.96. The second-order valence-electron chi connectivity index (χ2n) is 3.23. The van der Waals surface area contributed by atoms with Crippen molar-refractivity contribution in [2.24, 2.45) is 5.92 Å². The van der Waals surface area contributed by atoms with Crippen molar-refractivity contribution in [1.82, 2.24) is 0 Å². The van der Waals surface area contributed by atoms with E-state index in [0.717, 1.165) is 19.1 Å². The molecule has 0 spiro atoms. The Bertz CT molecular complexity index is 75.1. The molecule has 1 aliphatic heterocycles. The fourth-order valence-corrected chi connectivity index (χ4v) is 1.53. The van der Waals surface area contributed by atoms with Gasteiger partial charge in [-0.15, -0.1) is 0 Å². The van der Waals surface area contributed by atoms with Gasteiger partial charge in [0.15, 0.2) is 0 Å². The normalized spacial score (nSPS) is 22.8. The van der Waals surface area contributed by atoms with Crippen LogP contribution in [0.25, 0.3) is 0 Å². The van der Waals surface area contributed by atoms with Crippen molar-refractivity contribution in [2.45, 2.75) is 52.9 Å². The smallest absolute Gasteiger partial charge is 0.0494 e. The van der Waals surface area contributed by atoms with Crippen molar-refractivity contribution in [3.8, 4) is 0 Å². The lowest BCUT2D eigenvalue weighted by Gasteiger charge is -2.21.